The summed E-state index contributed by atoms with van der Waals surface area (Å²) in [6.45, 7) is 4.53. The van der Waals surface area contributed by atoms with Gasteiger partial charge in [-0.15, -0.1) is 16.6 Å². The number of thioether (sulfide) groups is 1. The van der Waals surface area contributed by atoms with Gasteiger partial charge >= 0.3 is 0 Å². The van der Waals surface area contributed by atoms with Gasteiger partial charge in [-0.1, -0.05) is 61.9 Å². The predicted octanol–water partition coefficient (Wildman–Crippen LogP) is 2.81. The maximum atomic E-state index is 13.0. The Labute approximate surface area is 198 Å². The summed E-state index contributed by atoms with van der Waals surface area (Å²) >= 11 is 1.22. The van der Waals surface area contributed by atoms with E-state index in [1.165, 1.54) is 16.1 Å². The van der Waals surface area contributed by atoms with Crippen molar-refractivity contribution < 1.29 is 13.2 Å². The molecule has 0 atom stereocenters. The summed E-state index contributed by atoms with van der Waals surface area (Å²) < 4.78 is 29.3. The normalized spacial score (nSPS) is 11.3. The topological polar surface area (TPSA) is 97.2 Å². The molecule has 0 saturated heterocycles. The van der Waals surface area contributed by atoms with Crippen LogP contribution < -0.4 is 5.32 Å². The van der Waals surface area contributed by atoms with E-state index in [0.717, 1.165) is 5.69 Å². The Morgan fingerprint density at radius 2 is 1.85 bits per heavy atom. The van der Waals surface area contributed by atoms with Gasteiger partial charge in [0.1, 0.15) is 0 Å². The van der Waals surface area contributed by atoms with Gasteiger partial charge in [0, 0.05) is 24.3 Å². The molecule has 0 saturated carbocycles. The van der Waals surface area contributed by atoms with Crippen molar-refractivity contribution in [2.24, 2.45) is 0 Å². The van der Waals surface area contributed by atoms with Gasteiger partial charge in [0.15, 0.2) is 11.0 Å². The highest BCUT2D eigenvalue weighted by Crippen LogP contribution is 2.29. The van der Waals surface area contributed by atoms with Crippen LogP contribution in [0, 0.1) is 12.3 Å². The van der Waals surface area contributed by atoms with Crippen LogP contribution in [0.2, 0.25) is 0 Å². The average Bonchev–Trinajstić information content (AvgIpc) is 3.26. The maximum absolute atomic E-state index is 13.0. The number of aromatic nitrogens is 3. The number of hydrogen-bond acceptors (Lipinski definition) is 6. The van der Waals surface area contributed by atoms with Gasteiger partial charge in [-0.3, -0.25) is 9.36 Å². The van der Waals surface area contributed by atoms with E-state index in [-0.39, 0.29) is 23.1 Å². The summed E-state index contributed by atoms with van der Waals surface area (Å²) in [5.41, 5.74) is 1.39. The lowest BCUT2D eigenvalue weighted by Crippen LogP contribution is -2.30. The summed E-state index contributed by atoms with van der Waals surface area (Å²) in [5, 5.41) is 11.7. The van der Waals surface area contributed by atoms with Crippen LogP contribution in [-0.2, 0) is 14.8 Å². The van der Waals surface area contributed by atoms with Crippen molar-refractivity contribution in [2.75, 3.05) is 25.4 Å². The minimum Gasteiger partial charge on any atom is -0.344 e. The zero-order valence-electron chi connectivity index (χ0n) is 18.4. The smallest absolute Gasteiger partial charge is 0.243 e. The number of terminal acetylenes is 1. The minimum atomic E-state index is -3.63. The maximum Gasteiger partial charge on any atom is 0.243 e. The van der Waals surface area contributed by atoms with Crippen molar-refractivity contribution >= 4 is 27.7 Å². The first-order valence-electron chi connectivity index (χ1n) is 10.4. The lowest BCUT2D eigenvalue weighted by molar-refractivity contribution is -0.118. The summed E-state index contributed by atoms with van der Waals surface area (Å²) in [6, 6.07) is 16.1. The molecule has 1 heterocycles. The van der Waals surface area contributed by atoms with E-state index < -0.39 is 10.0 Å². The standard InChI is InChI=1S/C23H25N5O3S2/c1-4-15-24-21(29)17-32-23-26-25-22(28(23)19-12-8-7-9-13-19)18-11-10-14-20(16-18)33(30,31)27(5-2)6-3/h1,7-14,16H,5-6,15,17H2,2-3H3,(H,24,29). The first-order valence-corrected chi connectivity index (χ1v) is 12.8. The molecule has 1 amide bonds. The van der Waals surface area contributed by atoms with Crippen molar-refractivity contribution in [3.8, 4) is 29.4 Å². The zero-order valence-corrected chi connectivity index (χ0v) is 20.1. The van der Waals surface area contributed by atoms with Crippen LogP contribution in [0.1, 0.15) is 13.8 Å². The van der Waals surface area contributed by atoms with E-state index >= 15 is 0 Å². The highest BCUT2D eigenvalue weighted by atomic mass is 32.2. The van der Waals surface area contributed by atoms with Crippen LogP contribution in [0.4, 0.5) is 0 Å². The number of carbonyl (C=O) groups excluding carboxylic acids is 1. The number of nitrogens with zero attached hydrogens (tertiary/aromatic N) is 4. The number of hydrogen-bond donors (Lipinski definition) is 1. The second-order valence-corrected chi connectivity index (χ2v) is 9.74. The summed E-state index contributed by atoms with van der Waals surface area (Å²) in [4.78, 5) is 12.2. The summed E-state index contributed by atoms with van der Waals surface area (Å²) in [7, 11) is -3.63. The Balaban J connectivity index is 2.03. The summed E-state index contributed by atoms with van der Waals surface area (Å²) in [5.74, 6) is 2.74. The molecule has 8 nitrogen and oxygen atoms in total. The van der Waals surface area contributed by atoms with Gasteiger partial charge in [-0.05, 0) is 24.3 Å². The number of nitrogens with one attached hydrogen (secondary N) is 1. The van der Waals surface area contributed by atoms with Crippen molar-refractivity contribution in [1.29, 1.82) is 0 Å². The molecular weight excluding hydrogens is 458 g/mol. The van der Waals surface area contributed by atoms with E-state index in [0.29, 0.717) is 29.6 Å². The van der Waals surface area contributed by atoms with E-state index in [4.69, 9.17) is 6.42 Å². The molecule has 0 spiro atoms. The van der Waals surface area contributed by atoms with Crippen molar-refractivity contribution in [3.63, 3.8) is 0 Å². The van der Waals surface area contributed by atoms with E-state index in [2.05, 4.69) is 21.4 Å². The largest absolute Gasteiger partial charge is 0.344 e. The highest BCUT2D eigenvalue weighted by Gasteiger charge is 2.23. The number of rotatable bonds is 10. The molecule has 0 aliphatic carbocycles. The molecule has 10 heteroatoms. The fourth-order valence-electron chi connectivity index (χ4n) is 3.20. The number of sulfonamides is 1. The van der Waals surface area contributed by atoms with Crippen molar-refractivity contribution in [2.45, 2.75) is 23.9 Å². The fourth-order valence-corrected chi connectivity index (χ4v) is 5.49. The molecule has 0 aliphatic rings. The van der Waals surface area contributed by atoms with Crippen LogP contribution in [-0.4, -0.2) is 58.8 Å². The third-order valence-electron chi connectivity index (χ3n) is 4.80. The molecule has 0 unspecified atom stereocenters. The molecule has 0 aliphatic heterocycles. The molecule has 3 aromatic rings. The van der Waals surface area contributed by atoms with E-state index in [1.54, 1.807) is 38.1 Å². The number of amides is 1. The fraction of sp³-hybridized carbons (Fsp3) is 0.261. The second-order valence-electron chi connectivity index (χ2n) is 6.86. The molecule has 0 bridgehead atoms. The minimum absolute atomic E-state index is 0.114. The van der Waals surface area contributed by atoms with Crippen LogP contribution in [0.3, 0.4) is 0 Å². The van der Waals surface area contributed by atoms with Crippen molar-refractivity contribution in [3.05, 3.63) is 54.6 Å². The van der Waals surface area contributed by atoms with Crippen LogP contribution >= 0.6 is 11.8 Å². The zero-order chi connectivity index (χ0) is 23.8. The summed E-state index contributed by atoms with van der Waals surface area (Å²) in [6.07, 6.45) is 5.19. The molecule has 2 aromatic carbocycles. The molecule has 172 valence electrons. The lowest BCUT2D eigenvalue weighted by atomic mass is 10.2. The van der Waals surface area contributed by atoms with Crippen LogP contribution in [0.15, 0.2) is 64.6 Å². The Hall–Kier alpha value is -3.13. The molecule has 0 fully saturated rings. The quantitative estimate of drug-likeness (QED) is 0.352. The average molecular weight is 484 g/mol. The van der Waals surface area contributed by atoms with Gasteiger partial charge < -0.3 is 5.32 Å². The Bertz CT molecular complexity index is 1250. The van der Waals surface area contributed by atoms with Gasteiger partial charge in [0.2, 0.25) is 15.9 Å². The van der Waals surface area contributed by atoms with Gasteiger partial charge in [-0.25, -0.2) is 8.42 Å². The number of para-hydroxylation sites is 1. The Morgan fingerprint density at radius 1 is 1.12 bits per heavy atom. The predicted molar refractivity (Wildman–Crippen MR) is 129 cm³/mol. The Morgan fingerprint density at radius 3 is 2.52 bits per heavy atom. The monoisotopic (exact) mass is 483 g/mol. The third kappa shape index (κ3) is 5.63. The molecule has 0 radical (unpaired) electrons. The van der Waals surface area contributed by atoms with E-state index in [9.17, 15) is 13.2 Å². The van der Waals surface area contributed by atoms with Crippen LogP contribution in [0.25, 0.3) is 17.1 Å². The lowest BCUT2D eigenvalue weighted by Gasteiger charge is -2.19. The molecule has 3 rings (SSSR count). The molecule has 1 N–H and O–H groups in total. The molecule has 1 aromatic heterocycles. The first kappa shape index (κ1) is 24.5. The van der Waals surface area contributed by atoms with Crippen LogP contribution in [0.5, 0.6) is 0 Å². The van der Waals surface area contributed by atoms with E-state index in [1.807, 2.05) is 34.9 Å². The molecular formula is C23H25N5O3S2. The van der Waals surface area contributed by atoms with Crippen molar-refractivity contribution in [1.82, 2.24) is 24.4 Å². The first-order chi connectivity index (χ1) is 15.9. The number of carbonyl (C=O) groups is 1. The third-order valence-corrected chi connectivity index (χ3v) is 7.78. The number of benzene rings is 2. The van der Waals surface area contributed by atoms with Gasteiger partial charge in [0.25, 0.3) is 0 Å². The second kappa shape index (κ2) is 11.1. The Kier molecular flexibility index (Phi) is 8.27. The SMILES string of the molecule is C#CCNC(=O)CSc1nnc(-c2cccc(S(=O)(=O)N(CC)CC)c2)n1-c1ccccc1. The van der Waals surface area contributed by atoms with Gasteiger partial charge in [0.05, 0.1) is 17.2 Å². The highest BCUT2D eigenvalue weighted by molar-refractivity contribution is 7.99. The molecule has 33 heavy (non-hydrogen) atoms. The van der Waals surface area contributed by atoms with Gasteiger partial charge in [-0.2, -0.15) is 4.31 Å².